The molecule has 36 heavy (non-hydrogen) atoms. The summed E-state index contributed by atoms with van der Waals surface area (Å²) in [4.78, 5) is 32.5. The van der Waals surface area contributed by atoms with Gasteiger partial charge in [0, 0.05) is 36.6 Å². The van der Waals surface area contributed by atoms with Crippen LogP contribution in [0.15, 0.2) is 54.7 Å². The van der Waals surface area contributed by atoms with Gasteiger partial charge in [-0.05, 0) is 66.7 Å². The monoisotopic (exact) mass is 484 g/mol. The average Bonchev–Trinajstić information content (AvgIpc) is 3.63. The maximum absolute atomic E-state index is 13.9. The first-order valence-corrected chi connectivity index (χ1v) is 13.5. The molecular formula is C30H36N4O2. The van der Waals surface area contributed by atoms with Crippen LogP contribution in [0.25, 0.3) is 10.9 Å². The number of nitrogens with one attached hydrogen (secondary N) is 2. The number of hydrogen-bond acceptors (Lipinski definition) is 3. The van der Waals surface area contributed by atoms with Crippen LogP contribution in [-0.2, 0) is 27.8 Å². The SMILES string of the molecule is NC1(C(=O)N[C@H](Cc2c[nH]c3ccccc23)C(=O)N2CCC3(CCc4ccccc43)CC2)CCCC1. The summed E-state index contributed by atoms with van der Waals surface area (Å²) in [6, 6.07) is 16.3. The van der Waals surface area contributed by atoms with E-state index in [4.69, 9.17) is 5.73 Å². The molecule has 188 valence electrons. The van der Waals surface area contributed by atoms with Crippen LogP contribution in [0.3, 0.4) is 0 Å². The van der Waals surface area contributed by atoms with E-state index in [1.165, 1.54) is 17.5 Å². The number of hydrogen-bond donors (Lipinski definition) is 3. The van der Waals surface area contributed by atoms with Crippen LogP contribution in [0, 0.1) is 0 Å². The van der Waals surface area contributed by atoms with Crippen molar-refractivity contribution in [1.82, 2.24) is 15.2 Å². The molecule has 2 aromatic carbocycles. The quantitative estimate of drug-likeness (QED) is 0.512. The van der Waals surface area contributed by atoms with Crippen molar-refractivity contribution in [3.05, 3.63) is 71.4 Å². The van der Waals surface area contributed by atoms with Gasteiger partial charge in [0.15, 0.2) is 0 Å². The number of rotatable bonds is 5. The molecule has 1 saturated heterocycles. The van der Waals surface area contributed by atoms with E-state index in [0.717, 1.165) is 61.7 Å². The number of piperidine rings is 1. The number of benzene rings is 2. The fourth-order valence-corrected chi connectivity index (χ4v) is 6.91. The summed E-state index contributed by atoms with van der Waals surface area (Å²) in [5.41, 5.74) is 10.8. The number of aromatic nitrogens is 1. The number of nitrogens with zero attached hydrogens (tertiary/aromatic N) is 1. The Morgan fingerprint density at radius 3 is 2.50 bits per heavy atom. The molecule has 0 unspecified atom stereocenters. The lowest BCUT2D eigenvalue weighted by Gasteiger charge is -2.41. The second-order valence-corrected chi connectivity index (χ2v) is 11.2. The van der Waals surface area contributed by atoms with Crippen molar-refractivity contribution in [2.45, 2.75) is 74.8 Å². The number of nitrogens with two attached hydrogens (primary N) is 1. The number of likely N-dealkylation sites (tertiary alicyclic amines) is 1. The highest BCUT2D eigenvalue weighted by atomic mass is 16.2. The zero-order valence-electron chi connectivity index (χ0n) is 20.9. The van der Waals surface area contributed by atoms with Crippen LogP contribution >= 0.6 is 0 Å². The molecule has 1 atom stereocenters. The first-order chi connectivity index (χ1) is 17.5. The first kappa shape index (κ1) is 23.3. The molecule has 0 bridgehead atoms. The number of amides is 2. The Bertz CT molecular complexity index is 1280. The van der Waals surface area contributed by atoms with Gasteiger partial charge in [0.05, 0.1) is 5.54 Å². The summed E-state index contributed by atoms with van der Waals surface area (Å²) >= 11 is 0. The summed E-state index contributed by atoms with van der Waals surface area (Å²) in [5, 5.41) is 4.20. The fourth-order valence-electron chi connectivity index (χ4n) is 6.91. The van der Waals surface area contributed by atoms with Crippen LogP contribution < -0.4 is 11.1 Å². The van der Waals surface area contributed by atoms with Gasteiger partial charge in [0.1, 0.15) is 6.04 Å². The standard InChI is InChI=1S/C30H36N4O2/c31-30(12-5-6-13-30)28(36)33-26(19-22-20-32-25-10-4-2-8-23(22)25)27(35)34-17-15-29(16-18-34)14-11-21-7-1-3-9-24(21)29/h1-4,7-10,20,26,32H,5-6,11-19,31H2,(H,33,36)/t26-/m1/s1. The van der Waals surface area contributed by atoms with E-state index in [1.807, 2.05) is 29.3 Å². The van der Waals surface area contributed by atoms with Crippen LogP contribution in [-0.4, -0.2) is 46.4 Å². The Labute approximate surface area is 212 Å². The molecule has 2 amide bonds. The average molecular weight is 485 g/mol. The number of aryl methyl sites for hydroxylation is 1. The van der Waals surface area contributed by atoms with Crippen molar-refractivity contribution in [2.24, 2.45) is 5.73 Å². The van der Waals surface area contributed by atoms with Gasteiger partial charge < -0.3 is 20.9 Å². The van der Waals surface area contributed by atoms with Gasteiger partial charge in [0.25, 0.3) is 0 Å². The van der Waals surface area contributed by atoms with Crippen LogP contribution in [0.1, 0.15) is 61.6 Å². The summed E-state index contributed by atoms with van der Waals surface area (Å²) in [6.45, 7) is 1.45. The van der Waals surface area contributed by atoms with E-state index < -0.39 is 11.6 Å². The van der Waals surface area contributed by atoms with Crippen LogP contribution in [0.2, 0.25) is 0 Å². The van der Waals surface area contributed by atoms with E-state index in [1.54, 1.807) is 0 Å². The van der Waals surface area contributed by atoms with E-state index in [-0.39, 0.29) is 17.2 Å². The number of aromatic amines is 1. The third kappa shape index (κ3) is 4.01. The van der Waals surface area contributed by atoms with Crippen molar-refractivity contribution in [2.75, 3.05) is 13.1 Å². The molecule has 3 aromatic rings. The first-order valence-electron chi connectivity index (χ1n) is 13.5. The van der Waals surface area contributed by atoms with Gasteiger partial charge in [-0.25, -0.2) is 0 Å². The number of H-pyrrole nitrogens is 1. The minimum atomic E-state index is -0.863. The second kappa shape index (κ2) is 9.07. The van der Waals surface area contributed by atoms with Crippen molar-refractivity contribution in [3.8, 4) is 0 Å². The largest absolute Gasteiger partial charge is 0.361 e. The zero-order chi connectivity index (χ0) is 24.8. The smallest absolute Gasteiger partial charge is 0.245 e. The Morgan fingerprint density at radius 2 is 1.69 bits per heavy atom. The lowest BCUT2D eigenvalue weighted by atomic mass is 9.73. The Morgan fingerprint density at radius 1 is 0.972 bits per heavy atom. The molecule has 2 fully saturated rings. The maximum atomic E-state index is 13.9. The van der Waals surface area contributed by atoms with E-state index in [2.05, 4.69) is 40.6 Å². The van der Waals surface area contributed by atoms with E-state index in [0.29, 0.717) is 19.3 Å². The topological polar surface area (TPSA) is 91.2 Å². The van der Waals surface area contributed by atoms with Crippen molar-refractivity contribution in [1.29, 1.82) is 0 Å². The lowest BCUT2D eigenvalue weighted by molar-refractivity contribution is -0.139. The number of fused-ring (bicyclic) bond motifs is 3. The lowest BCUT2D eigenvalue weighted by Crippen LogP contribution is -2.59. The van der Waals surface area contributed by atoms with Gasteiger partial charge in [-0.15, -0.1) is 0 Å². The van der Waals surface area contributed by atoms with Crippen molar-refractivity contribution >= 4 is 22.7 Å². The van der Waals surface area contributed by atoms with Crippen molar-refractivity contribution in [3.63, 3.8) is 0 Å². The molecule has 1 aliphatic heterocycles. The number of para-hydroxylation sites is 1. The molecule has 6 heteroatoms. The van der Waals surface area contributed by atoms with Gasteiger partial charge in [-0.1, -0.05) is 55.3 Å². The molecule has 1 spiro atoms. The van der Waals surface area contributed by atoms with Gasteiger partial charge in [-0.3, -0.25) is 9.59 Å². The molecule has 2 aliphatic carbocycles. The third-order valence-electron chi connectivity index (χ3n) is 9.14. The second-order valence-electron chi connectivity index (χ2n) is 11.2. The minimum absolute atomic E-state index is 0.0105. The van der Waals surface area contributed by atoms with Gasteiger partial charge in [0.2, 0.25) is 11.8 Å². The van der Waals surface area contributed by atoms with Crippen LogP contribution in [0.4, 0.5) is 0 Å². The molecule has 1 aromatic heterocycles. The molecule has 0 radical (unpaired) electrons. The summed E-state index contributed by atoms with van der Waals surface area (Å²) in [7, 11) is 0. The minimum Gasteiger partial charge on any atom is -0.361 e. The summed E-state index contributed by atoms with van der Waals surface area (Å²) < 4.78 is 0. The predicted octanol–water partition coefficient (Wildman–Crippen LogP) is 3.97. The van der Waals surface area contributed by atoms with Gasteiger partial charge in [-0.2, -0.15) is 0 Å². The highest BCUT2D eigenvalue weighted by molar-refractivity contribution is 5.93. The number of carbonyl (C=O) groups excluding carboxylic acids is 2. The Balaban J connectivity index is 1.22. The highest BCUT2D eigenvalue weighted by Gasteiger charge is 2.44. The Kier molecular flexibility index (Phi) is 5.87. The van der Waals surface area contributed by atoms with Gasteiger partial charge >= 0.3 is 0 Å². The summed E-state index contributed by atoms with van der Waals surface area (Å²) in [6.07, 6.45) is 9.94. The maximum Gasteiger partial charge on any atom is 0.245 e. The van der Waals surface area contributed by atoms with Crippen molar-refractivity contribution < 1.29 is 9.59 Å². The Hall–Kier alpha value is -3.12. The van der Waals surface area contributed by atoms with E-state index in [9.17, 15) is 9.59 Å². The number of carbonyl (C=O) groups is 2. The molecule has 2 heterocycles. The summed E-state index contributed by atoms with van der Waals surface area (Å²) in [5.74, 6) is -0.173. The third-order valence-corrected chi connectivity index (χ3v) is 9.14. The highest BCUT2D eigenvalue weighted by Crippen LogP contribution is 2.46. The normalized spacial score (nSPS) is 21.0. The zero-order valence-corrected chi connectivity index (χ0v) is 20.9. The molecule has 3 aliphatic rings. The fraction of sp³-hybridized carbons (Fsp3) is 0.467. The van der Waals surface area contributed by atoms with E-state index >= 15 is 0 Å². The molecule has 1 saturated carbocycles. The molecule has 4 N–H and O–H groups in total. The molecular weight excluding hydrogens is 448 g/mol. The predicted molar refractivity (Wildman–Crippen MR) is 142 cm³/mol. The molecule has 6 nitrogen and oxygen atoms in total. The molecule has 6 rings (SSSR count). The van der Waals surface area contributed by atoms with Crippen LogP contribution in [0.5, 0.6) is 0 Å².